The van der Waals surface area contributed by atoms with Crippen molar-refractivity contribution in [1.29, 1.82) is 0 Å². The zero-order valence-corrected chi connectivity index (χ0v) is 7.83. The minimum atomic E-state index is 0.424. The molecule has 0 saturated carbocycles. The monoisotopic (exact) mass is 182 g/mol. The highest BCUT2D eigenvalue weighted by Crippen LogP contribution is 2.34. The molecule has 1 aromatic carbocycles. The molecular weight excluding hydrogens is 168 g/mol. The first kappa shape index (κ1) is 9.51. The zero-order chi connectivity index (χ0) is 9.84. The summed E-state index contributed by atoms with van der Waals surface area (Å²) in [4.78, 5) is 0. The Kier molecular flexibility index (Phi) is 2.84. The minimum absolute atomic E-state index is 0.424. The molecule has 0 aliphatic heterocycles. The molecule has 0 aliphatic rings. The molecule has 0 bridgehead atoms. The molecular formula is C9H14N2O2. The molecule has 0 saturated heterocycles. The van der Waals surface area contributed by atoms with Crippen molar-refractivity contribution in [3.05, 3.63) is 12.1 Å². The molecule has 4 heteroatoms. The van der Waals surface area contributed by atoms with Gasteiger partial charge in [0.1, 0.15) is 22.9 Å². The first-order chi connectivity index (χ1) is 6.20. The molecule has 72 valence electrons. The third-order valence-corrected chi connectivity index (χ3v) is 1.73. The van der Waals surface area contributed by atoms with Crippen LogP contribution in [-0.4, -0.2) is 13.7 Å². The second-order valence-corrected chi connectivity index (χ2v) is 2.53. The maximum absolute atomic E-state index is 5.72. The van der Waals surface area contributed by atoms with Gasteiger partial charge in [-0.25, -0.2) is 0 Å². The summed E-state index contributed by atoms with van der Waals surface area (Å²) in [5.41, 5.74) is 12.3. The fourth-order valence-electron chi connectivity index (χ4n) is 1.06. The van der Waals surface area contributed by atoms with E-state index < -0.39 is 0 Å². The highest BCUT2D eigenvalue weighted by molar-refractivity contribution is 5.76. The molecule has 4 nitrogen and oxygen atoms in total. The lowest BCUT2D eigenvalue weighted by Crippen LogP contribution is -2.02. The van der Waals surface area contributed by atoms with Crippen LogP contribution in [0, 0.1) is 0 Å². The second-order valence-electron chi connectivity index (χ2n) is 2.53. The van der Waals surface area contributed by atoms with Crippen molar-refractivity contribution in [2.45, 2.75) is 6.92 Å². The van der Waals surface area contributed by atoms with E-state index in [4.69, 9.17) is 20.9 Å². The van der Waals surface area contributed by atoms with Crippen LogP contribution >= 0.6 is 0 Å². The first-order valence-corrected chi connectivity index (χ1v) is 4.05. The number of hydrogen-bond acceptors (Lipinski definition) is 4. The molecule has 1 aromatic rings. The lowest BCUT2D eigenvalue weighted by Gasteiger charge is -2.11. The van der Waals surface area contributed by atoms with Crippen molar-refractivity contribution in [3.8, 4) is 11.5 Å². The van der Waals surface area contributed by atoms with Gasteiger partial charge in [0.25, 0.3) is 0 Å². The van der Waals surface area contributed by atoms with Crippen LogP contribution < -0.4 is 20.9 Å². The summed E-state index contributed by atoms with van der Waals surface area (Å²) in [5, 5.41) is 0. The summed E-state index contributed by atoms with van der Waals surface area (Å²) in [6, 6.07) is 3.48. The van der Waals surface area contributed by atoms with Crippen LogP contribution in [0.25, 0.3) is 0 Å². The van der Waals surface area contributed by atoms with E-state index in [1.807, 2.05) is 6.92 Å². The molecule has 0 spiro atoms. The molecule has 0 amide bonds. The lowest BCUT2D eigenvalue weighted by atomic mass is 10.2. The molecule has 0 fully saturated rings. The lowest BCUT2D eigenvalue weighted by molar-refractivity contribution is 0.341. The van der Waals surface area contributed by atoms with Crippen molar-refractivity contribution < 1.29 is 9.47 Å². The van der Waals surface area contributed by atoms with Gasteiger partial charge < -0.3 is 20.9 Å². The SMILES string of the molecule is CCOc1ccc(OC)c(N)c1N. The van der Waals surface area contributed by atoms with E-state index in [2.05, 4.69) is 0 Å². The Morgan fingerprint density at radius 3 is 2.23 bits per heavy atom. The Bertz CT molecular complexity index is 300. The van der Waals surface area contributed by atoms with Gasteiger partial charge in [0, 0.05) is 0 Å². The van der Waals surface area contributed by atoms with Gasteiger partial charge in [-0.15, -0.1) is 0 Å². The Balaban J connectivity index is 3.07. The van der Waals surface area contributed by atoms with E-state index >= 15 is 0 Å². The van der Waals surface area contributed by atoms with Gasteiger partial charge in [0.05, 0.1) is 13.7 Å². The van der Waals surface area contributed by atoms with Crippen LogP contribution in [0.4, 0.5) is 11.4 Å². The largest absolute Gasteiger partial charge is 0.495 e. The summed E-state index contributed by atoms with van der Waals surface area (Å²) in [6.07, 6.45) is 0. The fraction of sp³-hybridized carbons (Fsp3) is 0.333. The van der Waals surface area contributed by atoms with Crippen molar-refractivity contribution in [2.75, 3.05) is 25.2 Å². The third-order valence-electron chi connectivity index (χ3n) is 1.73. The number of benzene rings is 1. The highest BCUT2D eigenvalue weighted by Gasteiger charge is 2.08. The standard InChI is InChI=1S/C9H14N2O2/c1-3-13-7-5-4-6(12-2)8(10)9(7)11/h4-5H,3,10-11H2,1-2H3. The maximum Gasteiger partial charge on any atom is 0.144 e. The van der Waals surface area contributed by atoms with E-state index in [9.17, 15) is 0 Å². The number of methoxy groups -OCH3 is 1. The number of hydrogen-bond donors (Lipinski definition) is 2. The molecule has 0 heterocycles. The van der Waals surface area contributed by atoms with Crippen LogP contribution in [0.1, 0.15) is 6.92 Å². The number of nitrogens with two attached hydrogens (primary N) is 2. The predicted molar refractivity (Wildman–Crippen MR) is 53.0 cm³/mol. The molecule has 0 aliphatic carbocycles. The third kappa shape index (κ3) is 1.77. The summed E-state index contributed by atoms with van der Waals surface area (Å²) in [7, 11) is 1.55. The Morgan fingerprint density at radius 1 is 1.15 bits per heavy atom. The smallest absolute Gasteiger partial charge is 0.144 e. The maximum atomic E-state index is 5.72. The highest BCUT2D eigenvalue weighted by atomic mass is 16.5. The molecule has 0 radical (unpaired) electrons. The Hall–Kier alpha value is -1.58. The van der Waals surface area contributed by atoms with Gasteiger partial charge in [-0.1, -0.05) is 0 Å². The number of anilines is 2. The van der Waals surface area contributed by atoms with Gasteiger partial charge >= 0.3 is 0 Å². The van der Waals surface area contributed by atoms with E-state index in [1.165, 1.54) is 0 Å². The van der Waals surface area contributed by atoms with Gasteiger partial charge in [0.2, 0.25) is 0 Å². The van der Waals surface area contributed by atoms with Crippen LogP contribution in [0.5, 0.6) is 11.5 Å². The minimum Gasteiger partial charge on any atom is -0.495 e. The topological polar surface area (TPSA) is 70.5 Å². The summed E-state index contributed by atoms with van der Waals surface area (Å²) < 4.78 is 10.3. The van der Waals surface area contributed by atoms with Crippen LogP contribution in [0.3, 0.4) is 0 Å². The molecule has 1 rings (SSSR count). The average Bonchev–Trinajstić information content (AvgIpc) is 2.14. The first-order valence-electron chi connectivity index (χ1n) is 4.05. The van der Waals surface area contributed by atoms with E-state index in [1.54, 1.807) is 19.2 Å². The molecule has 0 aromatic heterocycles. The van der Waals surface area contributed by atoms with E-state index in [0.717, 1.165) is 0 Å². The second kappa shape index (κ2) is 3.89. The van der Waals surface area contributed by atoms with Gasteiger partial charge in [-0.05, 0) is 19.1 Å². The molecule has 0 atom stereocenters. The summed E-state index contributed by atoms with van der Waals surface area (Å²) in [5.74, 6) is 1.17. The average molecular weight is 182 g/mol. The van der Waals surface area contributed by atoms with Crippen LogP contribution in [0.2, 0.25) is 0 Å². The van der Waals surface area contributed by atoms with Gasteiger partial charge in [-0.3, -0.25) is 0 Å². The molecule has 13 heavy (non-hydrogen) atoms. The fourth-order valence-corrected chi connectivity index (χ4v) is 1.06. The van der Waals surface area contributed by atoms with Crippen molar-refractivity contribution >= 4 is 11.4 Å². The van der Waals surface area contributed by atoms with Crippen molar-refractivity contribution in [2.24, 2.45) is 0 Å². The number of rotatable bonds is 3. The summed E-state index contributed by atoms with van der Waals surface area (Å²) >= 11 is 0. The number of ether oxygens (including phenoxy) is 2. The zero-order valence-electron chi connectivity index (χ0n) is 7.83. The molecule has 0 unspecified atom stereocenters. The molecule has 4 N–H and O–H groups in total. The van der Waals surface area contributed by atoms with E-state index in [-0.39, 0.29) is 0 Å². The Morgan fingerprint density at radius 2 is 1.69 bits per heavy atom. The quantitative estimate of drug-likeness (QED) is 0.690. The van der Waals surface area contributed by atoms with Gasteiger partial charge in [-0.2, -0.15) is 0 Å². The van der Waals surface area contributed by atoms with E-state index in [0.29, 0.717) is 29.5 Å². The normalized spacial score (nSPS) is 9.69. The summed E-state index contributed by atoms with van der Waals surface area (Å²) in [6.45, 7) is 2.45. The Labute approximate surface area is 77.4 Å². The predicted octanol–water partition coefficient (Wildman–Crippen LogP) is 1.26. The van der Waals surface area contributed by atoms with Crippen molar-refractivity contribution in [3.63, 3.8) is 0 Å². The van der Waals surface area contributed by atoms with Crippen LogP contribution in [0.15, 0.2) is 12.1 Å². The number of nitrogen functional groups attached to an aromatic ring is 2. The van der Waals surface area contributed by atoms with Crippen LogP contribution in [-0.2, 0) is 0 Å². The van der Waals surface area contributed by atoms with Gasteiger partial charge in [0.15, 0.2) is 0 Å². The van der Waals surface area contributed by atoms with Crippen molar-refractivity contribution in [1.82, 2.24) is 0 Å².